The Bertz CT molecular complexity index is 522. The van der Waals surface area contributed by atoms with Crippen molar-refractivity contribution in [3.8, 4) is 0 Å². The van der Waals surface area contributed by atoms with Gasteiger partial charge in [-0.3, -0.25) is 9.59 Å². The maximum Gasteiger partial charge on any atom is 0.322 e. The number of carboxylic acid groups (broad SMARTS) is 1. The quantitative estimate of drug-likeness (QED) is 0.699. The third-order valence-corrected chi connectivity index (χ3v) is 2.87. The van der Waals surface area contributed by atoms with Crippen LogP contribution in [0.25, 0.3) is 0 Å². The molecule has 0 radical (unpaired) electrons. The molecule has 0 fully saturated rings. The maximum atomic E-state index is 13.6. The van der Waals surface area contributed by atoms with Crippen molar-refractivity contribution in [2.24, 2.45) is 5.73 Å². The third kappa shape index (κ3) is 5.13. The SMILES string of the molecule is CCO[C@@H](C)c1cc(F)cc(C(=O)NC[C@@H](N)C(=O)O)c1. The zero-order chi connectivity index (χ0) is 16.0. The van der Waals surface area contributed by atoms with E-state index < -0.39 is 23.7 Å². The van der Waals surface area contributed by atoms with Crippen LogP contribution in [-0.4, -0.2) is 36.2 Å². The second-order valence-electron chi connectivity index (χ2n) is 4.53. The lowest BCUT2D eigenvalue weighted by Crippen LogP contribution is -2.42. The summed E-state index contributed by atoms with van der Waals surface area (Å²) >= 11 is 0. The van der Waals surface area contributed by atoms with Gasteiger partial charge in [-0.1, -0.05) is 0 Å². The zero-order valence-corrected chi connectivity index (χ0v) is 11.9. The van der Waals surface area contributed by atoms with E-state index >= 15 is 0 Å². The van der Waals surface area contributed by atoms with Crippen molar-refractivity contribution in [2.75, 3.05) is 13.2 Å². The number of carboxylic acids is 1. The van der Waals surface area contributed by atoms with Crippen LogP contribution in [0.15, 0.2) is 18.2 Å². The summed E-state index contributed by atoms with van der Waals surface area (Å²) in [7, 11) is 0. The standard InChI is InChI=1S/C14H19FN2O4/c1-3-21-8(2)9-4-10(6-11(15)5-9)13(18)17-7-12(16)14(19)20/h4-6,8,12H,3,7,16H2,1-2H3,(H,17,18)(H,19,20)/t8-,12+/m0/s1. The topological polar surface area (TPSA) is 102 Å². The van der Waals surface area contributed by atoms with Crippen LogP contribution in [0.2, 0.25) is 0 Å². The molecule has 0 spiro atoms. The molecule has 0 aliphatic heterocycles. The summed E-state index contributed by atoms with van der Waals surface area (Å²) in [6, 6.07) is 2.67. The van der Waals surface area contributed by atoms with Crippen LogP contribution in [0.3, 0.4) is 0 Å². The molecule has 7 heteroatoms. The summed E-state index contributed by atoms with van der Waals surface area (Å²) < 4.78 is 18.9. The number of aliphatic carboxylic acids is 1. The number of amides is 1. The largest absolute Gasteiger partial charge is 0.480 e. The molecule has 0 saturated heterocycles. The molecule has 116 valence electrons. The van der Waals surface area contributed by atoms with Crippen molar-refractivity contribution < 1.29 is 23.8 Å². The first-order valence-corrected chi connectivity index (χ1v) is 6.53. The second-order valence-corrected chi connectivity index (χ2v) is 4.53. The van der Waals surface area contributed by atoms with Gasteiger partial charge in [0, 0.05) is 18.7 Å². The number of hydrogen-bond donors (Lipinski definition) is 3. The molecule has 4 N–H and O–H groups in total. The Morgan fingerprint density at radius 2 is 2.10 bits per heavy atom. The van der Waals surface area contributed by atoms with Gasteiger partial charge in [-0.15, -0.1) is 0 Å². The lowest BCUT2D eigenvalue weighted by molar-refractivity contribution is -0.138. The molecule has 1 aromatic rings. The van der Waals surface area contributed by atoms with E-state index in [-0.39, 0.29) is 18.2 Å². The number of benzene rings is 1. The number of hydrogen-bond acceptors (Lipinski definition) is 4. The molecule has 0 aliphatic rings. The van der Waals surface area contributed by atoms with Gasteiger partial charge in [0.1, 0.15) is 11.9 Å². The Balaban J connectivity index is 2.82. The molecule has 0 saturated carbocycles. The monoisotopic (exact) mass is 298 g/mol. The smallest absolute Gasteiger partial charge is 0.322 e. The number of halogens is 1. The summed E-state index contributed by atoms with van der Waals surface area (Å²) in [5, 5.41) is 11.0. The Hall–Kier alpha value is -1.99. The molecule has 0 aliphatic carbocycles. The third-order valence-electron chi connectivity index (χ3n) is 2.87. The van der Waals surface area contributed by atoms with Gasteiger partial charge in [0.25, 0.3) is 5.91 Å². The van der Waals surface area contributed by atoms with E-state index in [1.54, 1.807) is 6.92 Å². The number of rotatable bonds is 7. The number of nitrogens with one attached hydrogen (secondary N) is 1. The van der Waals surface area contributed by atoms with Gasteiger partial charge < -0.3 is 20.9 Å². The van der Waals surface area contributed by atoms with Crippen molar-refractivity contribution in [3.05, 3.63) is 35.1 Å². The first kappa shape index (κ1) is 17.1. The average Bonchev–Trinajstić information content (AvgIpc) is 2.43. The van der Waals surface area contributed by atoms with Crippen LogP contribution >= 0.6 is 0 Å². The lowest BCUT2D eigenvalue weighted by Gasteiger charge is -2.14. The first-order chi connectivity index (χ1) is 9.85. The van der Waals surface area contributed by atoms with Crippen LogP contribution in [0.1, 0.15) is 35.9 Å². The van der Waals surface area contributed by atoms with Gasteiger partial charge in [0.2, 0.25) is 0 Å². The summed E-state index contributed by atoms with van der Waals surface area (Å²) in [5.74, 6) is -2.37. The van der Waals surface area contributed by atoms with E-state index in [2.05, 4.69) is 5.32 Å². The Labute approximate surface area is 122 Å². The highest BCUT2D eigenvalue weighted by molar-refractivity contribution is 5.94. The second kappa shape index (κ2) is 7.70. The van der Waals surface area contributed by atoms with Crippen molar-refractivity contribution >= 4 is 11.9 Å². The Kier molecular flexibility index (Phi) is 6.26. The van der Waals surface area contributed by atoms with Gasteiger partial charge in [-0.05, 0) is 37.6 Å². The van der Waals surface area contributed by atoms with E-state index in [0.717, 1.165) is 6.07 Å². The van der Waals surface area contributed by atoms with Crippen molar-refractivity contribution in [3.63, 3.8) is 0 Å². The van der Waals surface area contributed by atoms with Crippen molar-refractivity contribution in [1.29, 1.82) is 0 Å². The summed E-state index contributed by atoms with van der Waals surface area (Å²) in [5.41, 5.74) is 5.91. The molecule has 1 aromatic carbocycles. The number of carbonyl (C=O) groups excluding carboxylic acids is 1. The van der Waals surface area contributed by atoms with Crippen molar-refractivity contribution in [1.82, 2.24) is 5.32 Å². The van der Waals surface area contributed by atoms with E-state index in [9.17, 15) is 14.0 Å². The summed E-state index contributed by atoms with van der Waals surface area (Å²) in [6.07, 6.45) is -0.349. The molecule has 2 atom stereocenters. The predicted octanol–water partition coefficient (Wildman–Crippen LogP) is 1.06. The van der Waals surface area contributed by atoms with Gasteiger partial charge in [-0.2, -0.15) is 0 Å². The molecule has 0 aromatic heterocycles. The van der Waals surface area contributed by atoms with Crippen LogP contribution in [0.5, 0.6) is 0 Å². The van der Waals surface area contributed by atoms with E-state index in [0.29, 0.717) is 12.2 Å². The van der Waals surface area contributed by atoms with E-state index in [1.807, 2.05) is 6.92 Å². The van der Waals surface area contributed by atoms with Crippen LogP contribution in [0.4, 0.5) is 4.39 Å². The minimum atomic E-state index is -1.22. The van der Waals surface area contributed by atoms with E-state index in [4.69, 9.17) is 15.6 Å². The molecule has 21 heavy (non-hydrogen) atoms. The Morgan fingerprint density at radius 3 is 2.67 bits per heavy atom. The highest BCUT2D eigenvalue weighted by Crippen LogP contribution is 2.19. The summed E-state index contributed by atoms with van der Waals surface area (Å²) in [6.45, 7) is 3.80. The van der Waals surface area contributed by atoms with Gasteiger partial charge in [0.05, 0.1) is 6.10 Å². The molecule has 0 bridgehead atoms. The molecule has 1 rings (SSSR count). The molecule has 0 heterocycles. The number of ether oxygens (including phenoxy) is 1. The van der Waals surface area contributed by atoms with Crippen molar-refractivity contribution in [2.45, 2.75) is 26.0 Å². The zero-order valence-electron chi connectivity index (χ0n) is 11.9. The highest BCUT2D eigenvalue weighted by atomic mass is 19.1. The Morgan fingerprint density at radius 1 is 1.43 bits per heavy atom. The van der Waals surface area contributed by atoms with E-state index in [1.165, 1.54) is 12.1 Å². The van der Waals surface area contributed by atoms with Gasteiger partial charge in [0.15, 0.2) is 0 Å². The molecule has 0 unspecified atom stereocenters. The average molecular weight is 298 g/mol. The van der Waals surface area contributed by atoms with Gasteiger partial charge >= 0.3 is 5.97 Å². The lowest BCUT2D eigenvalue weighted by atomic mass is 10.1. The minimum absolute atomic E-state index is 0.0918. The normalized spacial score (nSPS) is 13.5. The van der Waals surface area contributed by atoms with Gasteiger partial charge in [-0.25, -0.2) is 4.39 Å². The van der Waals surface area contributed by atoms with Crippen LogP contribution in [0, 0.1) is 5.82 Å². The fraction of sp³-hybridized carbons (Fsp3) is 0.429. The first-order valence-electron chi connectivity index (χ1n) is 6.53. The maximum absolute atomic E-state index is 13.6. The molecular formula is C14H19FN2O4. The molecular weight excluding hydrogens is 279 g/mol. The fourth-order valence-corrected chi connectivity index (χ4v) is 1.72. The predicted molar refractivity (Wildman–Crippen MR) is 74.4 cm³/mol. The minimum Gasteiger partial charge on any atom is -0.480 e. The highest BCUT2D eigenvalue weighted by Gasteiger charge is 2.16. The van der Waals surface area contributed by atoms with Crippen LogP contribution < -0.4 is 11.1 Å². The number of carbonyl (C=O) groups is 2. The van der Waals surface area contributed by atoms with Crippen LogP contribution in [-0.2, 0) is 9.53 Å². The fourth-order valence-electron chi connectivity index (χ4n) is 1.72. The molecule has 1 amide bonds. The summed E-state index contributed by atoms with van der Waals surface area (Å²) in [4.78, 5) is 22.5. The molecule has 6 nitrogen and oxygen atoms in total. The number of nitrogens with two attached hydrogens (primary N) is 1.